The number of rotatable bonds is 0. The molecule has 144 valence electrons. The van der Waals surface area contributed by atoms with Crippen LogP contribution in [0.2, 0.25) is 0 Å². The average molecular weight is 382 g/mol. The van der Waals surface area contributed by atoms with Crippen molar-refractivity contribution in [3.05, 3.63) is 53.6 Å². The minimum absolute atomic E-state index is 0.229. The Labute approximate surface area is 160 Å². The second-order valence-corrected chi connectivity index (χ2v) is 7.08. The monoisotopic (exact) mass is 382 g/mol. The Kier molecular flexibility index (Phi) is 3.90. The maximum absolute atomic E-state index is 13.9. The molecular weight excluding hydrogens is 363 g/mol. The molecule has 9 heteroatoms. The minimum atomic E-state index is -0.337. The van der Waals surface area contributed by atoms with E-state index in [-0.39, 0.29) is 29.9 Å². The number of carbonyl (C=O) groups is 1. The summed E-state index contributed by atoms with van der Waals surface area (Å²) in [6.45, 7) is 3.08. The highest BCUT2D eigenvalue weighted by Crippen LogP contribution is 2.30. The smallest absolute Gasteiger partial charge is 0.257 e. The van der Waals surface area contributed by atoms with E-state index in [4.69, 9.17) is 4.74 Å². The Morgan fingerprint density at radius 1 is 1.25 bits per heavy atom. The highest BCUT2D eigenvalue weighted by molar-refractivity contribution is 6.00. The van der Waals surface area contributed by atoms with Gasteiger partial charge in [-0.2, -0.15) is 5.10 Å². The molecule has 3 aromatic rings. The van der Waals surface area contributed by atoms with E-state index in [9.17, 15) is 9.18 Å². The Balaban J connectivity index is 1.64. The largest absolute Gasteiger partial charge is 0.487 e. The molecule has 0 unspecified atom stereocenters. The average Bonchev–Trinajstić information content (AvgIpc) is 3.29. The number of halogens is 1. The first-order valence-corrected chi connectivity index (χ1v) is 9.17. The molecule has 0 radical (unpaired) electrons. The molecule has 28 heavy (non-hydrogen) atoms. The van der Waals surface area contributed by atoms with Crippen LogP contribution in [0.25, 0.3) is 5.65 Å². The van der Waals surface area contributed by atoms with Crippen molar-refractivity contribution in [2.24, 2.45) is 0 Å². The second-order valence-electron chi connectivity index (χ2n) is 7.08. The lowest BCUT2D eigenvalue weighted by atomic mass is 10.1. The van der Waals surface area contributed by atoms with Crippen LogP contribution in [0.3, 0.4) is 0 Å². The maximum atomic E-state index is 13.9. The summed E-state index contributed by atoms with van der Waals surface area (Å²) in [5.41, 5.74) is 1.54. The van der Waals surface area contributed by atoms with E-state index >= 15 is 0 Å². The molecule has 3 atom stereocenters. The molecule has 4 heterocycles. The molecule has 2 aliphatic rings. The number of ether oxygens (including phenoxy) is 1. The molecule has 8 nitrogen and oxygen atoms in total. The van der Waals surface area contributed by atoms with Crippen LogP contribution in [0.1, 0.15) is 28.9 Å². The molecular formula is C19H19FN6O2. The van der Waals surface area contributed by atoms with Crippen molar-refractivity contribution in [2.75, 3.05) is 18.4 Å². The van der Waals surface area contributed by atoms with Gasteiger partial charge in [0, 0.05) is 24.8 Å². The zero-order valence-electron chi connectivity index (χ0n) is 15.1. The van der Waals surface area contributed by atoms with Gasteiger partial charge >= 0.3 is 0 Å². The van der Waals surface area contributed by atoms with Crippen LogP contribution in [0, 0.1) is 5.82 Å². The molecule has 1 aromatic carbocycles. The number of nitrogens with one attached hydrogen (secondary N) is 3. The van der Waals surface area contributed by atoms with Gasteiger partial charge < -0.3 is 20.7 Å². The quantitative estimate of drug-likeness (QED) is 0.546. The SMILES string of the molecule is C[C@H]1Nc2ccn3ncc(c3n2)C(=O)N[C@H]2CNC[C@H]2Oc2ccc(F)cc21. The van der Waals surface area contributed by atoms with Crippen molar-refractivity contribution in [1.82, 2.24) is 25.2 Å². The van der Waals surface area contributed by atoms with Crippen molar-refractivity contribution >= 4 is 17.4 Å². The minimum Gasteiger partial charge on any atom is -0.487 e. The number of hydrogen-bond donors (Lipinski definition) is 3. The Bertz CT molecular complexity index is 1070. The fourth-order valence-electron chi connectivity index (χ4n) is 3.71. The van der Waals surface area contributed by atoms with Gasteiger partial charge in [-0.1, -0.05) is 0 Å². The number of nitrogens with zero attached hydrogens (tertiary/aromatic N) is 3. The Hall–Kier alpha value is -3.20. The number of anilines is 1. The predicted octanol–water partition coefficient (Wildman–Crippen LogP) is 1.50. The summed E-state index contributed by atoms with van der Waals surface area (Å²) in [6, 6.07) is 5.74. The summed E-state index contributed by atoms with van der Waals surface area (Å²) in [4.78, 5) is 17.4. The Morgan fingerprint density at radius 2 is 2.14 bits per heavy atom. The van der Waals surface area contributed by atoms with Crippen LogP contribution in [0.15, 0.2) is 36.7 Å². The molecule has 1 saturated heterocycles. The van der Waals surface area contributed by atoms with Gasteiger partial charge in [0.15, 0.2) is 5.65 Å². The van der Waals surface area contributed by atoms with Gasteiger partial charge in [-0.05, 0) is 31.2 Å². The van der Waals surface area contributed by atoms with E-state index in [2.05, 4.69) is 26.0 Å². The molecule has 5 rings (SSSR count). The van der Waals surface area contributed by atoms with Crippen molar-refractivity contribution in [3.63, 3.8) is 0 Å². The third kappa shape index (κ3) is 2.84. The number of aromatic nitrogens is 3. The summed E-state index contributed by atoms with van der Waals surface area (Å²) < 4.78 is 21.7. The summed E-state index contributed by atoms with van der Waals surface area (Å²) in [5, 5.41) is 13.7. The van der Waals surface area contributed by atoms with Gasteiger partial charge in [0.2, 0.25) is 0 Å². The van der Waals surface area contributed by atoms with Crippen LogP contribution in [-0.4, -0.2) is 45.7 Å². The highest BCUT2D eigenvalue weighted by Gasteiger charge is 2.32. The van der Waals surface area contributed by atoms with Gasteiger partial charge in [0.1, 0.15) is 29.1 Å². The Morgan fingerprint density at radius 3 is 3.04 bits per heavy atom. The number of fused-ring (bicyclic) bond motifs is 3. The molecule has 2 bridgehead atoms. The third-order valence-corrected chi connectivity index (χ3v) is 5.17. The third-order valence-electron chi connectivity index (χ3n) is 5.17. The van der Waals surface area contributed by atoms with E-state index in [1.54, 1.807) is 22.8 Å². The highest BCUT2D eigenvalue weighted by atomic mass is 19.1. The van der Waals surface area contributed by atoms with Crippen LogP contribution >= 0.6 is 0 Å². The maximum Gasteiger partial charge on any atom is 0.257 e. The zero-order chi connectivity index (χ0) is 19.3. The number of benzene rings is 1. The van der Waals surface area contributed by atoms with E-state index in [0.717, 1.165) is 0 Å². The fraction of sp³-hybridized carbons (Fsp3) is 0.316. The summed E-state index contributed by atoms with van der Waals surface area (Å²) in [5.74, 6) is 0.549. The lowest BCUT2D eigenvalue weighted by molar-refractivity contribution is 0.0905. The predicted molar refractivity (Wildman–Crippen MR) is 100.0 cm³/mol. The van der Waals surface area contributed by atoms with Gasteiger partial charge in [-0.3, -0.25) is 4.79 Å². The van der Waals surface area contributed by atoms with E-state index in [1.807, 2.05) is 6.92 Å². The molecule has 0 aliphatic carbocycles. The number of amides is 1. The van der Waals surface area contributed by atoms with E-state index in [0.29, 0.717) is 41.4 Å². The van der Waals surface area contributed by atoms with Crippen LogP contribution < -0.4 is 20.7 Å². The van der Waals surface area contributed by atoms with Gasteiger partial charge in [0.25, 0.3) is 5.91 Å². The topological polar surface area (TPSA) is 92.6 Å². The van der Waals surface area contributed by atoms with Crippen LogP contribution in [0.4, 0.5) is 10.2 Å². The van der Waals surface area contributed by atoms with E-state index in [1.165, 1.54) is 18.3 Å². The number of hydrogen-bond acceptors (Lipinski definition) is 6. The molecule has 2 aliphatic heterocycles. The van der Waals surface area contributed by atoms with Gasteiger partial charge in [-0.15, -0.1) is 0 Å². The van der Waals surface area contributed by atoms with Crippen LogP contribution in [-0.2, 0) is 0 Å². The zero-order valence-corrected chi connectivity index (χ0v) is 15.1. The lowest BCUT2D eigenvalue weighted by Crippen LogP contribution is -2.45. The van der Waals surface area contributed by atoms with E-state index < -0.39 is 0 Å². The first-order valence-electron chi connectivity index (χ1n) is 9.17. The molecule has 1 fully saturated rings. The summed E-state index contributed by atoms with van der Waals surface area (Å²) in [7, 11) is 0. The fourth-order valence-corrected chi connectivity index (χ4v) is 3.71. The first-order chi connectivity index (χ1) is 13.6. The molecule has 0 spiro atoms. The van der Waals surface area contributed by atoms with Crippen molar-refractivity contribution < 1.29 is 13.9 Å². The van der Waals surface area contributed by atoms with Crippen molar-refractivity contribution in [3.8, 4) is 5.75 Å². The summed E-state index contributed by atoms with van der Waals surface area (Å²) in [6.07, 6.45) is 2.96. The van der Waals surface area contributed by atoms with Crippen molar-refractivity contribution in [2.45, 2.75) is 25.1 Å². The molecule has 0 saturated carbocycles. The lowest BCUT2D eigenvalue weighted by Gasteiger charge is -2.24. The first kappa shape index (κ1) is 16.9. The molecule has 2 aromatic heterocycles. The molecule has 1 amide bonds. The van der Waals surface area contributed by atoms with Gasteiger partial charge in [0.05, 0.1) is 18.3 Å². The van der Waals surface area contributed by atoms with Crippen LogP contribution in [0.5, 0.6) is 5.75 Å². The van der Waals surface area contributed by atoms with Crippen molar-refractivity contribution in [1.29, 1.82) is 0 Å². The second kappa shape index (κ2) is 6.45. The normalized spacial score (nSPS) is 24.2. The molecule has 3 N–H and O–H groups in total. The standard InChI is InChI=1S/C19H19FN6O2/c1-10-12-6-11(20)2-3-15(12)28-16-9-21-8-14(16)24-19(27)13-7-22-26-5-4-17(23-10)25-18(13)26/h2-7,10,14,16,21H,8-9H2,1H3,(H,23,25)(H,24,27)/t10-,14+,16-/m1/s1. The number of carbonyl (C=O) groups excluding carboxylic acids is 1. The van der Waals surface area contributed by atoms with Gasteiger partial charge in [-0.25, -0.2) is 13.9 Å². The summed E-state index contributed by atoms with van der Waals surface area (Å²) >= 11 is 0.